The Labute approximate surface area is 87.1 Å². The van der Waals surface area contributed by atoms with Crippen molar-refractivity contribution in [2.24, 2.45) is 0 Å². The van der Waals surface area contributed by atoms with Gasteiger partial charge in [-0.25, -0.2) is 0 Å². The second kappa shape index (κ2) is 4.63. The third kappa shape index (κ3) is 3.01. The van der Waals surface area contributed by atoms with Gasteiger partial charge >= 0.3 is 0 Å². The zero-order valence-corrected chi connectivity index (χ0v) is 9.43. The molecule has 0 aliphatic rings. The molecule has 1 aromatic carbocycles. The number of hydrogen-bond acceptors (Lipinski definition) is 2. The van der Waals surface area contributed by atoms with Crippen LogP contribution >= 0.6 is 15.9 Å². The largest absolute Gasteiger partial charge is 0.508 e. The van der Waals surface area contributed by atoms with Crippen molar-refractivity contribution in [1.29, 1.82) is 0 Å². The summed E-state index contributed by atoms with van der Waals surface area (Å²) >= 11 is 3.30. The molecule has 3 heteroatoms. The van der Waals surface area contributed by atoms with E-state index < -0.39 is 0 Å². The van der Waals surface area contributed by atoms with Crippen LogP contribution in [0.2, 0.25) is 0 Å². The summed E-state index contributed by atoms with van der Waals surface area (Å²) in [5.41, 5.74) is 0.977. The molecule has 0 aliphatic heterocycles. The van der Waals surface area contributed by atoms with E-state index in [0.717, 1.165) is 16.5 Å². The smallest absolute Gasteiger partial charge is 0.119 e. The lowest BCUT2D eigenvalue weighted by Gasteiger charge is -2.11. The van der Waals surface area contributed by atoms with Gasteiger partial charge in [-0.05, 0) is 38.1 Å². The number of aromatic hydroxyl groups is 1. The van der Waals surface area contributed by atoms with Crippen molar-refractivity contribution in [1.82, 2.24) is 5.32 Å². The Bertz CT molecular complexity index is 288. The van der Waals surface area contributed by atoms with Crippen LogP contribution in [0.1, 0.15) is 12.5 Å². The fourth-order valence-corrected chi connectivity index (χ4v) is 1.49. The molecule has 0 heterocycles. The van der Waals surface area contributed by atoms with Crippen molar-refractivity contribution < 1.29 is 5.11 Å². The van der Waals surface area contributed by atoms with Gasteiger partial charge in [-0.3, -0.25) is 0 Å². The zero-order valence-electron chi connectivity index (χ0n) is 7.84. The van der Waals surface area contributed by atoms with Crippen LogP contribution in [0, 0.1) is 0 Å². The number of hydrogen-bond donors (Lipinski definition) is 2. The van der Waals surface area contributed by atoms with Crippen molar-refractivity contribution >= 4 is 15.9 Å². The van der Waals surface area contributed by atoms with E-state index in [1.165, 1.54) is 0 Å². The van der Waals surface area contributed by atoms with Gasteiger partial charge in [0.1, 0.15) is 5.75 Å². The average molecular weight is 244 g/mol. The highest BCUT2D eigenvalue weighted by Crippen LogP contribution is 2.23. The summed E-state index contributed by atoms with van der Waals surface area (Å²) in [6.07, 6.45) is 0.843. The van der Waals surface area contributed by atoms with E-state index in [4.69, 9.17) is 0 Å². The molecular formula is C10H14BrNO. The molecule has 0 aliphatic carbocycles. The van der Waals surface area contributed by atoms with Crippen LogP contribution in [0.4, 0.5) is 0 Å². The van der Waals surface area contributed by atoms with Gasteiger partial charge in [0.15, 0.2) is 0 Å². The number of phenols is 1. The van der Waals surface area contributed by atoms with Gasteiger partial charge in [-0.2, -0.15) is 0 Å². The molecule has 13 heavy (non-hydrogen) atoms. The molecule has 0 fully saturated rings. The number of likely N-dealkylation sites (N-methyl/N-ethyl adjacent to an activating group) is 1. The van der Waals surface area contributed by atoms with Crippen LogP contribution in [0.5, 0.6) is 5.75 Å². The van der Waals surface area contributed by atoms with E-state index in [1.54, 1.807) is 6.07 Å². The Hall–Kier alpha value is -0.540. The highest BCUT2D eigenvalue weighted by atomic mass is 79.9. The molecule has 0 radical (unpaired) electrons. The first-order valence-electron chi connectivity index (χ1n) is 4.28. The minimum atomic E-state index is 0.358. The number of benzene rings is 1. The molecule has 1 aromatic rings. The molecule has 0 amide bonds. The van der Waals surface area contributed by atoms with Gasteiger partial charge in [0.05, 0.1) is 0 Å². The molecule has 72 valence electrons. The van der Waals surface area contributed by atoms with Crippen LogP contribution < -0.4 is 5.32 Å². The van der Waals surface area contributed by atoms with Crippen LogP contribution in [-0.4, -0.2) is 18.2 Å². The lowest BCUT2D eigenvalue weighted by Crippen LogP contribution is -2.23. The summed E-state index contributed by atoms with van der Waals surface area (Å²) in [5.74, 6) is 0.358. The van der Waals surface area contributed by atoms with Crippen LogP contribution in [0.3, 0.4) is 0 Å². The highest BCUT2D eigenvalue weighted by Gasteiger charge is 2.05. The fraction of sp³-hybridized carbons (Fsp3) is 0.400. The third-order valence-electron chi connectivity index (χ3n) is 2.07. The van der Waals surface area contributed by atoms with Crippen molar-refractivity contribution in [2.45, 2.75) is 19.4 Å². The monoisotopic (exact) mass is 243 g/mol. The van der Waals surface area contributed by atoms with Gasteiger partial charge in [0.25, 0.3) is 0 Å². The number of halogens is 1. The van der Waals surface area contributed by atoms with E-state index in [0.29, 0.717) is 11.8 Å². The molecule has 2 nitrogen and oxygen atoms in total. The van der Waals surface area contributed by atoms with Gasteiger partial charge in [-0.15, -0.1) is 0 Å². The van der Waals surface area contributed by atoms with E-state index >= 15 is 0 Å². The first-order valence-corrected chi connectivity index (χ1v) is 5.07. The van der Waals surface area contributed by atoms with E-state index in [9.17, 15) is 5.11 Å². The Morgan fingerprint density at radius 1 is 1.54 bits per heavy atom. The van der Waals surface area contributed by atoms with Gasteiger partial charge in [-0.1, -0.05) is 22.0 Å². The minimum absolute atomic E-state index is 0.358. The van der Waals surface area contributed by atoms with Crippen molar-refractivity contribution in [3.63, 3.8) is 0 Å². The van der Waals surface area contributed by atoms with E-state index in [1.807, 2.05) is 19.2 Å². The van der Waals surface area contributed by atoms with Crippen molar-refractivity contribution in [3.8, 4) is 5.75 Å². The molecular weight excluding hydrogens is 230 g/mol. The van der Waals surface area contributed by atoms with Crippen molar-refractivity contribution in [2.75, 3.05) is 7.05 Å². The summed E-state index contributed by atoms with van der Waals surface area (Å²) in [6, 6.07) is 5.98. The van der Waals surface area contributed by atoms with Gasteiger partial charge in [0.2, 0.25) is 0 Å². The predicted octanol–water partition coefficient (Wildman–Crippen LogP) is 2.31. The Balaban J connectivity index is 2.77. The quantitative estimate of drug-likeness (QED) is 0.855. The predicted molar refractivity (Wildman–Crippen MR) is 58.0 cm³/mol. The normalized spacial score (nSPS) is 12.8. The first-order chi connectivity index (χ1) is 6.13. The molecule has 1 rings (SSSR count). The topological polar surface area (TPSA) is 32.3 Å². The molecule has 0 saturated heterocycles. The maximum Gasteiger partial charge on any atom is 0.119 e. The molecule has 0 aromatic heterocycles. The summed E-state index contributed by atoms with van der Waals surface area (Å²) in [6.45, 7) is 2.08. The maximum atomic E-state index is 9.58. The minimum Gasteiger partial charge on any atom is -0.508 e. The Morgan fingerprint density at radius 2 is 2.23 bits per heavy atom. The van der Waals surface area contributed by atoms with E-state index in [-0.39, 0.29) is 0 Å². The lowest BCUT2D eigenvalue weighted by atomic mass is 10.1. The first kappa shape index (κ1) is 10.5. The second-order valence-electron chi connectivity index (χ2n) is 3.17. The second-order valence-corrected chi connectivity index (χ2v) is 4.08. The highest BCUT2D eigenvalue weighted by molar-refractivity contribution is 9.10. The van der Waals surface area contributed by atoms with Crippen molar-refractivity contribution in [3.05, 3.63) is 28.2 Å². The summed E-state index contributed by atoms with van der Waals surface area (Å²) in [5, 5.41) is 12.7. The zero-order chi connectivity index (χ0) is 9.84. The van der Waals surface area contributed by atoms with Gasteiger partial charge < -0.3 is 10.4 Å². The maximum absolute atomic E-state index is 9.58. The molecule has 0 saturated carbocycles. The fourth-order valence-electron chi connectivity index (χ4n) is 1.14. The molecule has 1 atom stereocenters. The number of rotatable bonds is 3. The van der Waals surface area contributed by atoms with Gasteiger partial charge in [0, 0.05) is 10.5 Å². The molecule has 2 N–H and O–H groups in total. The summed E-state index contributed by atoms with van der Waals surface area (Å²) < 4.78 is 0.908. The standard InChI is InChI=1S/C10H14BrNO/c1-7(12-2)5-8-3-4-9(11)6-10(8)13/h3-4,6-7,12-13H,5H2,1-2H3. The Kier molecular flexibility index (Phi) is 3.75. The average Bonchev–Trinajstić information content (AvgIpc) is 2.09. The molecule has 0 bridgehead atoms. The number of phenolic OH excluding ortho intramolecular Hbond substituents is 1. The summed E-state index contributed by atoms with van der Waals surface area (Å²) in [7, 11) is 1.92. The van der Waals surface area contributed by atoms with Crippen LogP contribution in [-0.2, 0) is 6.42 Å². The number of nitrogens with one attached hydrogen (secondary N) is 1. The van der Waals surface area contributed by atoms with Crippen LogP contribution in [0.15, 0.2) is 22.7 Å². The van der Waals surface area contributed by atoms with Crippen LogP contribution in [0.25, 0.3) is 0 Å². The molecule has 1 unspecified atom stereocenters. The SMILES string of the molecule is CNC(C)Cc1ccc(Br)cc1O. The summed E-state index contributed by atoms with van der Waals surface area (Å²) in [4.78, 5) is 0. The molecule has 0 spiro atoms. The lowest BCUT2D eigenvalue weighted by molar-refractivity contribution is 0.462. The third-order valence-corrected chi connectivity index (χ3v) is 2.56. The van der Waals surface area contributed by atoms with E-state index in [2.05, 4.69) is 28.2 Å². The Morgan fingerprint density at radius 3 is 2.77 bits per heavy atom.